The highest BCUT2D eigenvalue weighted by molar-refractivity contribution is 8.02. The highest BCUT2D eigenvalue weighted by Crippen LogP contribution is 2.18. The monoisotopic (exact) mass is 467 g/mol. The first-order chi connectivity index (χ1) is 14.7. The summed E-state index contributed by atoms with van der Waals surface area (Å²) in [6.07, 6.45) is 5.92. The van der Waals surface area contributed by atoms with Crippen molar-refractivity contribution in [3.8, 4) is 0 Å². The maximum atomic E-state index is 11.9. The maximum absolute atomic E-state index is 11.9. The molecule has 0 aliphatic rings. The van der Waals surface area contributed by atoms with Crippen LogP contribution in [0.4, 0.5) is 16.3 Å². The van der Waals surface area contributed by atoms with E-state index in [2.05, 4.69) is 25.0 Å². The molecule has 10 nitrogen and oxygen atoms in total. The van der Waals surface area contributed by atoms with E-state index in [0.29, 0.717) is 37.3 Å². The molecule has 2 heterocycles. The number of nitrogens with zero attached hydrogens (tertiary/aromatic N) is 4. The number of rotatable bonds is 9. The van der Waals surface area contributed by atoms with Crippen molar-refractivity contribution in [3.63, 3.8) is 0 Å². The van der Waals surface area contributed by atoms with Crippen molar-refractivity contribution in [2.24, 2.45) is 0 Å². The lowest BCUT2D eigenvalue weighted by atomic mass is 10.2. The molecule has 31 heavy (non-hydrogen) atoms. The van der Waals surface area contributed by atoms with Gasteiger partial charge in [-0.2, -0.15) is 9.97 Å². The van der Waals surface area contributed by atoms with Crippen LogP contribution in [0.1, 0.15) is 18.4 Å². The van der Waals surface area contributed by atoms with E-state index < -0.39 is 16.2 Å². The van der Waals surface area contributed by atoms with Crippen LogP contribution in [0.25, 0.3) is 11.2 Å². The first-order valence-corrected chi connectivity index (χ1v) is 12.7. The molecule has 12 heteroatoms. The van der Waals surface area contributed by atoms with Crippen molar-refractivity contribution >= 4 is 50.5 Å². The quantitative estimate of drug-likeness (QED) is 0.215. The number of aryl methyl sites for hydroxylation is 1. The molecule has 0 spiro atoms. The summed E-state index contributed by atoms with van der Waals surface area (Å²) in [4.78, 5) is 24.1. The Morgan fingerprint density at radius 3 is 2.68 bits per heavy atom. The van der Waals surface area contributed by atoms with Crippen molar-refractivity contribution in [1.29, 1.82) is 0 Å². The number of nitrogens with two attached hydrogens (primary N) is 1. The number of imidazole rings is 1. The molecule has 0 aliphatic heterocycles. The van der Waals surface area contributed by atoms with Crippen LogP contribution in [0.2, 0.25) is 5.28 Å². The largest absolute Gasteiger partial charge is 0.450 e. The molecule has 0 fully saturated rings. The molecule has 0 atom stereocenters. The molecule has 3 aromatic rings. The van der Waals surface area contributed by atoms with E-state index in [9.17, 15) is 9.00 Å². The van der Waals surface area contributed by atoms with Crippen molar-refractivity contribution in [3.05, 3.63) is 41.4 Å². The Morgan fingerprint density at radius 2 is 1.97 bits per heavy atom. The molecular formula is C19H26ClN7O3S. The molecule has 1 aromatic carbocycles. The number of hydrogen-bond donors (Lipinski definition) is 4. The first kappa shape index (κ1) is 22.8. The number of alkyl carbamates (subject to hydrolysis) is 1. The van der Waals surface area contributed by atoms with Gasteiger partial charge in [-0.3, -0.25) is 4.21 Å². The Bertz CT molecular complexity index is 1100. The minimum absolute atomic E-state index is 0.0772. The fourth-order valence-corrected chi connectivity index (χ4v) is 3.83. The zero-order valence-electron chi connectivity index (χ0n) is 17.3. The summed E-state index contributed by atoms with van der Waals surface area (Å²) in [5.74, 6) is 0.246. The molecule has 1 amide bonds. The van der Waals surface area contributed by atoms with Gasteiger partial charge in [0.05, 0.1) is 12.9 Å². The number of ether oxygens (including phenoxy) is 1. The number of benzene rings is 1. The molecule has 0 saturated heterocycles. The lowest BCUT2D eigenvalue weighted by molar-refractivity contribution is 0.143. The Hall–Kier alpha value is -2.92. The van der Waals surface area contributed by atoms with Crippen LogP contribution in [-0.2, 0) is 27.9 Å². The number of thiol groups is 1. The van der Waals surface area contributed by atoms with Crippen molar-refractivity contribution in [2.45, 2.75) is 25.9 Å². The molecule has 3 rings (SSSR count). The summed E-state index contributed by atoms with van der Waals surface area (Å²) in [6.45, 7) is 1.27. The number of nitrogen functional groups attached to an aromatic ring is 1. The third-order valence-electron chi connectivity index (χ3n) is 4.28. The number of aromatic nitrogens is 4. The molecule has 4 N–H and O–H groups in total. The van der Waals surface area contributed by atoms with E-state index in [1.54, 1.807) is 18.8 Å². The Morgan fingerprint density at radius 1 is 1.23 bits per heavy atom. The zero-order valence-corrected chi connectivity index (χ0v) is 19.0. The summed E-state index contributed by atoms with van der Waals surface area (Å²) in [5.41, 5.74) is 8.58. The van der Waals surface area contributed by atoms with Crippen LogP contribution in [0.5, 0.6) is 0 Å². The standard InChI is InChI=1S/C19H26ClN7O3S/c1-31(2,29)26-14-7-5-13(6-8-14)11-22-19(28)30-10-4-3-9-27-12-23-15-16(21)24-18(20)25-17(15)27/h5-8,12,31H,3-4,9-11H2,1-2H3,(H,22,28)(H,26,29)(H2,21,24,25). The Balaban J connectivity index is 1.36. The first-order valence-electron chi connectivity index (χ1n) is 9.68. The average Bonchev–Trinajstić information content (AvgIpc) is 3.09. The molecule has 0 saturated carbocycles. The fourth-order valence-electron chi connectivity index (χ4n) is 2.88. The number of amides is 1. The summed E-state index contributed by atoms with van der Waals surface area (Å²) in [7, 11) is -2.35. The molecular weight excluding hydrogens is 442 g/mol. The second kappa shape index (κ2) is 9.92. The van der Waals surface area contributed by atoms with Crippen molar-refractivity contribution < 1.29 is 13.7 Å². The maximum Gasteiger partial charge on any atom is 0.407 e. The van der Waals surface area contributed by atoms with Crippen LogP contribution in [0, 0.1) is 0 Å². The van der Waals surface area contributed by atoms with E-state index in [4.69, 9.17) is 22.1 Å². The average molecular weight is 468 g/mol. The van der Waals surface area contributed by atoms with Gasteiger partial charge in [0.25, 0.3) is 0 Å². The third kappa shape index (κ3) is 6.79. The normalized spacial score (nSPS) is 12.0. The number of halogens is 1. The van der Waals surface area contributed by atoms with Crippen LogP contribution in [0.15, 0.2) is 30.6 Å². The van der Waals surface area contributed by atoms with E-state index in [1.807, 2.05) is 28.8 Å². The number of anilines is 2. The molecule has 0 unspecified atom stereocenters. The van der Waals surface area contributed by atoms with Crippen LogP contribution < -0.4 is 15.8 Å². The highest BCUT2D eigenvalue weighted by Gasteiger charge is 2.10. The molecule has 0 radical (unpaired) electrons. The predicted molar refractivity (Wildman–Crippen MR) is 124 cm³/mol. The highest BCUT2D eigenvalue weighted by atomic mass is 35.5. The predicted octanol–water partition coefficient (Wildman–Crippen LogP) is 2.37. The summed E-state index contributed by atoms with van der Waals surface area (Å²) < 4.78 is 21.8. The topological polar surface area (TPSA) is 137 Å². The minimum atomic E-state index is -2.35. The molecule has 2 aromatic heterocycles. The van der Waals surface area contributed by atoms with Gasteiger partial charge in [0, 0.05) is 31.3 Å². The van der Waals surface area contributed by atoms with E-state index in [0.717, 1.165) is 17.7 Å². The summed E-state index contributed by atoms with van der Waals surface area (Å²) >= 11 is 5.86. The van der Waals surface area contributed by atoms with Gasteiger partial charge in [-0.15, -0.1) is 0 Å². The lowest BCUT2D eigenvalue weighted by Crippen LogP contribution is -2.24. The van der Waals surface area contributed by atoms with Crippen LogP contribution in [0.3, 0.4) is 0 Å². The van der Waals surface area contributed by atoms with Crippen LogP contribution in [-0.4, -0.2) is 48.9 Å². The Labute approximate surface area is 186 Å². The molecule has 0 aliphatic carbocycles. The van der Waals surface area contributed by atoms with Gasteiger partial charge in [-0.05, 0) is 52.3 Å². The van der Waals surface area contributed by atoms with Gasteiger partial charge in [0.15, 0.2) is 11.5 Å². The van der Waals surface area contributed by atoms with E-state index in [-0.39, 0.29) is 11.1 Å². The number of carbonyl (C=O) groups excluding carboxylic acids is 1. The van der Waals surface area contributed by atoms with E-state index in [1.165, 1.54) is 0 Å². The minimum Gasteiger partial charge on any atom is -0.450 e. The number of carbonyl (C=O) groups is 1. The van der Waals surface area contributed by atoms with Gasteiger partial charge in [0.1, 0.15) is 5.52 Å². The molecule has 168 valence electrons. The number of fused-ring (bicyclic) bond motifs is 1. The SMILES string of the molecule is C[SH](C)(=O)Nc1ccc(CNC(=O)OCCCCn2cnc3c(N)nc(Cl)nc32)cc1. The van der Waals surface area contributed by atoms with Gasteiger partial charge >= 0.3 is 6.09 Å². The van der Waals surface area contributed by atoms with Gasteiger partial charge in [-0.25, -0.2) is 9.78 Å². The van der Waals surface area contributed by atoms with Crippen LogP contribution >= 0.6 is 11.6 Å². The van der Waals surface area contributed by atoms with Gasteiger partial charge in [0.2, 0.25) is 5.28 Å². The summed E-state index contributed by atoms with van der Waals surface area (Å²) in [5, 5.41) is 2.79. The summed E-state index contributed by atoms with van der Waals surface area (Å²) in [6, 6.07) is 7.37. The zero-order chi connectivity index (χ0) is 22.4. The lowest BCUT2D eigenvalue weighted by Gasteiger charge is -2.16. The Kier molecular flexibility index (Phi) is 7.29. The van der Waals surface area contributed by atoms with E-state index >= 15 is 0 Å². The van der Waals surface area contributed by atoms with Gasteiger partial charge in [-0.1, -0.05) is 12.1 Å². The van der Waals surface area contributed by atoms with Crippen molar-refractivity contribution in [1.82, 2.24) is 24.8 Å². The second-order valence-corrected chi connectivity index (χ2v) is 10.6. The number of hydrogen-bond acceptors (Lipinski definition) is 7. The second-order valence-electron chi connectivity index (χ2n) is 7.34. The number of unbranched alkanes of at least 4 members (excludes halogenated alkanes) is 1. The number of nitrogens with one attached hydrogen (secondary N) is 2. The third-order valence-corrected chi connectivity index (χ3v) is 5.24. The van der Waals surface area contributed by atoms with Gasteiger partial charge < -0.3 is 25.1 Å². The fraction of sp³-hybridized carbons (Fsp3) is 0.368. The molecule has 0 bridgehead atoms. The van der Waals surface area contributed by atoms with Crippen molar-refractivity contribution in [2.75, 3.05) is 29.6 Å². The smallest absolute Gasteiger partial charge is 0.407 e.